The Morgan fingerprint density at radius 1 is 1.14 bits per heavy atom. The summed E-state index contributed by atoms with van der Waals surface area (Å²) in [5, 5.41) is 0. The first-order chi connectivity index (χ1) is 10.8. The minimum absolute atomic E-state index is 0.0630. The van der Waals surface area contributed by atoms with Crippen LogP contribution in [0, 0.1) is 5.92 Å². The van der Waals surface area contributed by atoms with Crippen molar-refractivity contribution in [2.24, 2.45) is 11.7 Å². The van der Waals surface area contributed by atoms with Crippen LogP contribution >= 0.6 is 11.8 Å². The van der Waals surface area contributed by atoms with E-state index in [9.17, 15) is 4.79 Å². The second-order valence-corrected chi connectivity index (χ2v) is 6.45. The van der Waals surface area contributed by atoms with Gasteiger partial charge in [-0.2, -0.15) is 0 Å². The smallest absolute Gasteiger partial charge is 0.319 e. The first kappa shape index (κ1) is 15.1. The lowest BCUT2D eigenvalue weighted by Gasteiger charge is -2.33. The first-order valence-electron chi connectivity index (χ1n) is 7.42. The highest BCUT2D eigenvalue weighted by Crippen LogP contribution is 2.44. The number of thioether (sulfide) groups is 1. The molecule has 4 heteroatoms. The van der Waals surface area contributed by atoms with E-state index in [4.69, 9.17) is 10.5 Å². The van der Waals surface area contributed by atoms with Crippen molar-refractivity contribution < 1.29 is 9.53 Å². The molecular weight excluding hydrogens is 294 g/mol. The van der Waals surface area contributed by atoms with Gasteiger partial charge in [0.2, 0.25) is 0 Å². The molecule has 0 aliphatic carbocycles. The molecule has 2 atom stereocenters. The topological polar surface area (TPSA) is 52.3 Å². The van der Waals surface area contributed by atoms with Crippen molar-refractivity contribution >= 4 is 17.7 Å². The van der Waals surface area contributed by atoms with Crippen LogP contribution in [0.1, 0.15) is 17.0 Å². The maximum Gasteiger partial charge on any atom is 0.319 e. The maximum absolute atomic E-state index is 11.4. The highest BCUT2D eigenvalue weighted by atomic mass is 32.2. The summed E-state index contributed by atoms with van der Waals surface area (Å²) in [7, 11) is 0. The standard InChI is InChI=1S/C18H19NO2S/c19-10-17(20)21-11-14-12-22-16-9-5-4-8-15(16)18(14)13-6-2-1-3-7-13/h1-9,14,18H,10-12,19H2. The number of ether oxygens (including phenoxy) is 1. The van der Waals surface area contributed by atoms with Crippen LogP contribution in [-0.2, 0) is 9.53 Å². The van der Waals surface area contributed by atoms with Crippen LogP contribution in [0.2, 0.25) is 0 Å². The number of carbonyl (C=O) groups excluding carboxylic acids is 1. The zero-order chi connectivity index (χ0) is 15.4. The SMILES string of the molecule is NCC(=O)OCC1CSc2ccccc2C1c1ccccc1. The minimum Gasteiger partial charge on any atom is -0.464 e. The summed E-state index contributed by atoms with van der Waals surface area (Å²) >= 11 is 1.83. The number of carbonyl (C=O) groups is 1. The van der Waals surface area contributed by atoms with Crippen molar-refractivity contribution in [1.82, 2.24) is 0 Å². The lowest BCUT2D eigenvalue weighted by Crippen LogP contribution is -2.28. The Morgan fingerprint density at radius 2 is 1.86 bits per heavy atom. The van der Waals surface area contributed by atoms with E-state index < -0.39 is 0 Å². The van der Waals surface area contributed by atoms with E-state index in [1.807, 2.05) is 17.8 Å². The predicted octanol–water partition coefficient (Wildman–Crippen LogP) is 3.04. The van der Waals surface area contributed by atoms with Crippen LogP contribution in [0.15, 0.2) is 59.5 Å². The molecule has 22 heavy (non-hydrogen) atoms. The average Bonchev–Trinajstić information content (AvgIpc) is 2.59. The van der Waals surface area contributed by atoms with Crippen LogP contribution in [-0.4, -0.2) is 24.9 Å². The van der Waals surface area contributed by atoms with E-state index in [0.29, 0.717) is 6.61 Å². The molecule has 3 nitrogen and oxygen atoms in total. The Kier molecular flexibility index (Phi) is 4.80. The monoisotopic (exact) mass is 313 g/mol. The molecule has 1 aliphatic heterocycles. The highest BCUT2D eigenvalue weighted by Gasteiger charge is 2.31. The first-order valence-corrected chi connectivity index (χ1v) is 8.40. The molecule has 3 rings (SSSR count). The van der Waals surface area contributed by atoms with Gasteiger partial charge in [-0.15, -0.1) is 11.8 Å². The van der Waals surface area contributed by atoms with Crippen molar-refractivity contribution in [3.63, 3.8) is 0 Å². The van der Waals surface area contributed by atoms with Crippen LogP contribution in [0.4, 0.5) is 0 Å². The van der Waals surface area contributed by atoms with E-state index >= 15 is 0 Å². The van der Waals surface area contributed by atoms with Gasteiger partial charge >= 0.3 is 5.97 Å². The molecule has 0 aromatic heterocycles. The molecule has 1 aliphatic rings. The molecule has 0 saturated heterocycles. The van der Waals surface area contributed by atoms with Gasteiger partial charge in [0.25, 0.3) is 0 Å². The fourth-order valence-corrected chi connectivity index (χ4v) is 4.15. The highest BCUT2D eigenvalue weighted by molar-refractivity contribution is 7.99. The predicted molar refractivity (Wildman–Crippen MR) is 89.0 cm³/mol. The number of benzene rings is 2. The summed E-state index contributed by atoms with van der Waals surface area (Å²) in [5.74, 6) is 1.12. The van der Waals surface area contributed by atoms with Gasteiger partial charge in [-0.25, -0.2) is 0 Å². The summed E-state index contributed by atoms with van der Waals surface area (Å²) in [4.78, 5) is 12.7. The van der Waals surface area contributed by atoms with Crippen LogP contribution in [0.5, 0.6) is 0 Å². The fourth-order valence-electron chi connectivity index (χ4n) is 2.93. The molecule has 0 amide bonds. The summed E-state index contributed by atoms with van der Waals surface area (Å²) < 4.78 is 5.32. The third kappa shape index (κ3) is 3.18. The molecule has 0 bridgehead atoms. The molecule has 0 fully saturated rings. The van der Waals surface area contributed by atoms with Crippen molar-refractivity contribution in [3.8, 4) is 0 Å². The van der Waals surface area contributed by atoms with Gasteiger partial charge in [-0.3, -0.25) is 4.79 Å². The lowest BCUT2D eigenvalue weighted by atomic mass is 9.81. The number of rotatable bonds is 4. The summed E-state index contributed by atoms with van der Waals surface area (Å²) in [6.45, 7) is 0.351. The van der Waals surface area contributed by atoms with Crippen LogP contribution in [0.25, 0.3) is 0 Å². The Balaban J connectivity index is 1.91. The maximum atomic E-state index is 11.4. The van der Waals surface area contributed by atoms with Crippen LogP contribution in [0.3, 0.4) is 0 Å². The van der Waals surface area contributed by atoms with E-state index in [1.165, 1.54) is 16.0 Å². The van der Waals surface area contributed by atoms with Crippen molar-refractivity contribution in [2.75, 3.05) is 18.9 Å². The average molecular weight is 313 g/mol. The number of hydrogen-bond acceptors (Lipinski definition) is 4. The molecule has 0 saturated carbocycles. The Bertz CT molecular complexity index is 645. The zero-order valence-corrected chi connectivity index (χ0v) is 13.1. The number of esters is 1. The summed E-state index contributed by atoms with van der Waals surface area (Å²) in [5.41, 5.74) is 7.92. The van der Waals surface area contributed by atoms with Gasteiger partial charge in [0.15, 0.2) is 0 Å². The van der Waals surface area contributed by atoms with Crippen LogP contribution < -0.4 is 5.73 Å². The molecular formula is C18H19NO2S. The molecule has 1 heterocycles. The van der Waals surface area contributed by atoms with Crippen molar-refractivity contribution in [1.29, 1.82) is 0 Å². The summed E-state index contributed by atoms with van der Waals surface area (Å²) in [6.07, 6.45) is 0. The van der Waals surface area contributed by atoms with Crippen molar-refractivity contribution in [3.05, 3.63) is 65.7 Å². The molecule has 2 unspecified atom stereocenters. The van der Waals surface area contributed by atoms with E-state index in [-0.39, 0.29) is 24.3 Å². The second kappa shape index (κ2) is 6.99. The Hall–Kier alpha value is -1.78. The molecule has 2 N–H and O–H groups in total. The Morgan fingerprint density at radius 3 is 2.64 bits per heavy atom. The third-order valence-corrected chi connectivity index (χ3v) is 5.24. The van der Waals surface area contributed by atoms with Gasteiger partial charge in [-0.05, 0) is 17.2 Å². The normalized spacial score (nSPS) is 20.2. The van der Waals surface area contributed by atoms with E-state index in [2.05, 4.69) is 48.5 Å². The minimum atomic E-state index is -0.337. The molecule has 2 aromatic carbocycles. The van der Waals surface area contributed by atoms with Gasteiger partial charge in [0, 0.05) is 22.5 Å². The van der Waals surface area contributed by atoms with Gasteiger partial charge in [0.05, 0.1) is 13.2 Å². The van der Waals surface area contributed by atoms with Gasteiger partial charge < -0.3 is 10.5 Å². The number of nitrogens with two attached hydrogens (primary N) is 1. The Labute approximate surface area is 134 Å². The lowest BCUT2D eigenvalue weighted by molar-refractivity contribution is -0.143. The van der Waals surface area contributed by atoms with Crippen molar-refractivity contribution in [2.45, 2.75) is 10.8 Å². The third-order valence-electron chi connectivity index (χ3n) is 3.96. The molecule has 0 radical (unpaired) electrons. The van der Waals surface area contributed by atoms with Gasteiger partial charge in [0.1, 0.15) is 0 Å². The molecule has 114 valence electrons. The molecule has 0 spiro atoms. The fraction of sp³-hybridized carbons (Fsp3) is 0.278. The molecule has 2 aromatic rings. The van der Waals surface area contributed by atoms with E-state index in [1.54, 1.807) is 0 Å². The second-order valence-electron chi connectivity index (χ2n) is 5.38. The van der Waals surface area contributed by atoms with Gasteiger partial charge in [-0.1, -0.05) is 48.5 Å². The van der Waals surface area contributed by atoms with E-state index in [0.717, 1.165) is 5.75 Å². The number of hydrogen-bond donors (Lipinski definition) is 1. The zero-order valence-electron chi connectivity index (χ0n) is 12.3. The number of fused-ring (bicyclic) bond motifs is 1. The quantitative estimate of drug-likeness (QED) is 0.882. The summed E-state index contributed by atoms with van der Waals surface area (Å²) in [6, 6.07) is 18.9. The largest absolute Gasteiger partial charge is 0.464 e.